The molecule has 0 bridgehead atoms. The van der Waals surface area contributed by atoms with Crippen molar-refractivity contribution >= 4 is 5.91 Å². The van der Waals surface area contributed by atoms with Crippen LogP contribution in [0.1, 0.15) is 46.8 Å². The standard InChI is InChI=1S/C24H29N5O2/c1-31-23-8-4-3-7-21(23)22(28-13-5-2-6-14-28)15-26-24(30)20-11-9-19(10-12-20)16-29-18-25-17-27-29/h3-4,7-12,17-18,22H,2,5-6,13-16H2,1H3,(H,26,30). The number of ether oxygens (including phenoxy) is 1. The minimum absolute atomic E-state index is 0.0655. The number of methoxy groups -OCH3 is 1. The number of benzene rings is 2. The molecule has 1 aliphatic heterocycles. The maximum absolute atomic E-state index is 12.9. The fraction of sp³-hybridized carbons (Fsp3) is 0.375. The van der Waals surface area contributed by atoms with Crippen molar-refractivity contribution < 1.29 is 9.53 Å². The second-order valence-electron chi connectivity index (χ2n) is 7.85. The largest absolute Gasteiger partial charge is 0.496 e. The van der Waals surface area contributed by atoms with E-state index in [9.17, 15) is 4.79 Å². The summed E-state index contributed by atoms with van der Waals surface area (Å²) in [6, 6.07) is 15.8. The SMILES string of the molecule is COc1ccccc1C(CNC(=O)c1ccc(Cn2cncn2)cc1)N1CCCCC1. The number of amides is 1. The number of para-hydroxylation sites is 1. The lowest BCUT2D eigenvalue weighted by Crippen LogP contribution is -2.40. The average Bonchev–Trinajstić information content (AvgIpc) is 3.33. The van der Waals surface area contributed by atoms with E-state index in [-0.39, 0.29) is 11.9 Å². The molecule has 4 rings (SSSR count). The molecule has 1 N–H and O–H groups in total. The Morgan fingerprint density at radius 1 is 1.10 bits per heavy atom. The fourth-order valence-corrected chi connectivity index (χ4v) is 4.16. The highest BCUT2D eigenvalue weighted by molar-refractivity contribution is 5.94. The summed E-state index contributed by atoms with van der Waals surface area (Å²) in [5, 5.41) is 7.26. The molecule has 1 atom stereocenters. The van der Waals surface area contributed by atoms with E-state index >= 15 is 0 Å². The third kappa shape index (κ3) is 5.30. The van der Waals surface area contributed by atoms with Crippen LogP contribution in [-0.4, -0.2) is 52.3 Å². The van der Waals surface area contributed by atoms with Crippen LogP contribution < -0.4 is 10.1 Å². The molecule has 1 aromatic heterocycles. The van der Waals surface area contributed by atoms with Crippen molar-refractivity contribution in [3.05, 3.63) is 77.9 Å². The van der Waals surface area contributed by atoms with Crippen molar-refractivity contribution in [3.63, 3.8) is 0 Å². The molecule has 1 fully saturated rings. The van der Waals surface area contributed by atoms with Crippen molar-refractivity contribution in [3.8, 4) is 5.75 Å². The number of nitrogens with one attached hydrogen (secondary N) is 1. The van der Waals surface area contributed by atoms with E-state index in [0.717, 1.165) is 30.0 Å². The third-order valence-electron chi connectivity index (χ3n) is 5.81. The predicted molar refractivity (Wildman–Crippen MR) is 119 cm³/mol. The molecule has 31 heavy (non-hydrogen) atoms. The molecule has 3 aromatic rings. The smallest absolute Gasteiger partial charge is 0.251 e. The number of aromatic nitrogens is 3. The number of nitrogens with zero attached hydrogens (tertiary/aromatic N) is 4. The summed E-state index contributed by atoms with van der Waals surface area (Å²) in [5.74, 6) is 0.800. The Morgan fingerprint density at radius 3 is 2.58 bits per heavy atom. The summed E-state index contributed by atoms with van der Waals surface area (Å²) in [7, 11) is 1.70. The van der Waals surface area contributed by atoms with Crippen LogP contribution in [0.4, 0.5) is 0 Å². The first-order valence-corrected chi connectivity index (χ1v) is 10.8. The van der Waals surface area contributed by atoms with Gasteiger partial charge in [0.15, 0.2) is 0 Å². The molecule has 1 amide bonds. The minimum atomic E-state index is -0.0655. The lowest BCUT2D eigenvalue weighted by molar-refractivity contribution is 0.0923. The van der Waals surface area contributed by atoms with Gasteiger partial charge in [-0.05, 0) is 49.7 Å². The normalized spacial score (nSPS) is 15.4. The van der Waals surface area contributed by atoms with E-state index in [1.54, 1.807) is 18.1 Å². The van der Waals surface area contributed by atoms with Crippen LogP contribution >= 0.6 is 0 Å². The summed E-state index contributed by atoms with van der Waals surface area (Å²) in [5.41, 5.74) is 2.84. The summed E-state index contributed by atoms with van der Waals surface area (Å²) in [6.45, 7) is 3.25. The van der Waals surface area contributed by atoms with Gasteiger partial charge in [-0.2, -0.15) is 5.10 Å². The Bertz CT molecular complexity index is 966. The summed E-state index contributed by atoms with van der Waals surface area (Å²) >= 11 is 0. The maximum atomic E-state index is 12.9. The molecule has 0 radical (unpaired) electrons. The monoisotopic (exact) mass is 419 g/mol. The van der Waals surface area contributed by atoms with Crippen LogP contribution in [0.2, 0.25) is 0 Å². The minimum Gasteiger partial charge on any atom is -0.496 e. The van der Waals surface area contributed by atoms with E-state index in [4.69, 9.17) is 4.74 Å². The van der Waals surface area contributed by atoms with Crippen LogP contribution in [0.5, 0.6) is 5.75 Å². The molecular formula is C24H29N5O2. The Balaban J connectivity index is 1.44. The molecule has 2 heterocycles. The second kappa shape index (κ2) is 10.2. The molecule has 0 aliphatic carbocycles. The van der Waals surface area contributed by atoms with Gasteiger partial charge in [-0.3, -0.25) is 9.69 Å². The van der Waals surface area contributed by atoms with Gasteiger partial charge < -0.3 is 10.1 Å². The van der Waals surface area contributed by atoms with E-state index in [2.05, 4.69) is 26.4 Å². The van der Waals surface area contributed by atoms with Crippen LogP contribution in [0.15, 0.2) is 61.2 Å². The van der Waals surface area contributed by atoms with Gasteiger partial charge in [0.25, 0.3) is 5.91 Å². The van der Waals surface area contributed by atoms with Crippen molar-refractivity contribution in [2.45, 2.75) is 31.8 Å². The highest BCUT2D eigenvalue weighted by atomic mass is 16.5. The number of likely N-dealkylation sites (tertiary alicyclic amines) is 1. The highest BCUT2D eigenvalue weighted by Gasteiger charge is 2.25. The highest BCUT2D eigenvalue weighted by Crippen LogP contribution is 2.31. The molecule has 0 saturated carbocycles. The topological polar surface area (TPSA) is 72.3 Å². The predicted octanol–water partition coefficient (Wildman–Crippen LogP) is 3.29. The Morgan fingerprint density at radius 2 is 1.87 bits per heavy atom. The van der Waals surface area contributed by atoms with E-state index < -0.39 is 0 Å². The van der Waals surface area contributed by atoms with Crippen molar-refractivity contribution in [2.75, 3.05) is 26.7 Å². The Kier molecular flexibility index (Phi) is 6.94. The summed E-state index contributed by atoms with van der Waals surface area (Å²) < 4.78 is 7.37. The molecule has 1 aliphatic rings. The molecule has 162 valence electrons. The van der Waals surface area contributed by atoms with Crippen LogP contribution in [0.3, 0.4) is 0 Å². The molecule has 0 spiro atoms. The molecule has 2 aromatic carbocycles. The lowest BCUT2D eigenvalue weighted by atomic mass is 10.0. The van der Waals surface area contributed by atoms with E-state index in [0.29, 0.717) is 18.7 Å². The van der Waals surface area contributed by atoms with Gasteiger partial charge in [0.2, 0.25) is 0 Å². The van der Waals surface area contributed by atoms with Crippen LogP contribution in [0, 0.1) is 0 Å². The van der Waals surface area contributed by atoms with Crippen LogP contribution in [-0.2, 0) is 6.54 Å². The van der Waals surface area contributed by atoms with Gasteiger partial charge in [-0.15, -0.1) is 0 Å². The van der Waals surface area contributed by atoms with Gasteiger partial charge in [0, 0.05) is 17.7 Å². The molecular weight excluding hydrogens is 390 g/mol. The number of carbonyl (C=O) groups excluding carboxylic acids is 1. The van der Waals surface area contributed by atoms with Gasteiger partial charge in [0.05, 0.1) is 19.7 Å². The zero-order chi connectivity index (χ0) is 21.5. The second-order valence-corrected chi connectivity index (χ2v) is 7.85. The number of piperidine rings is 1. The number of rotatable bonds is 8. The van der Waals surface area contributed by atoms with Gasteiger partial charge >= 0.3 is 0 Å². The zero-order valence-corrected chi connectivity index (χ0v) is 17.9. The Labute approximate surface area is 183 Å². The van der Waals surface area contributed by atoms with Gasteiger partial charge in [0.1, 0.15) is 18.4 Å². The van der Waals surface area contributed by atoms with Gasteiger partial charge in [-0.25, -0.2) is 9.67 Å². The number of carbonyl (C=O) groups is 1. The first-order valence-electron chi connectivity index (χ1n) is 10.8. The van der Waals surface area contributed by atoms with E-state index in [1.807, 2.05) is 42.5 Å². The number of hydrogen-bond donors (Lipinski definition) is 1. The Hall–Kier alpha value is -3.19. The first-order chi connectivity index (χ1) is 15.2. The first kappa shape index (κ1) is 21.1. The average molecular weight is 420 g/mol. The van der Waals surface area contributed by atoms with Gasteiger partial charge in [-0.1, -0.05) is 36.8 Å². The van der Waals surface area contributed by atoms with Crippen molar-refractivity contribution in [2.24, 2.45) is 0 Å². The zero-order valence-electron chi connectivity index (χ0n) is 17.9. The lowest BCUT2D eigenvalue weighted by Gasteiger charge is -2.35. The summed E-state index contributed by atoms with van der Waals surface area (Å²) in [4.78, 5) is 19.3. The summed E-state index contributed by atoms with van der Waals surface area (Å²) in [6.07, 6.45) is 6.84. The molecule has 1 unspecified atom stereocenters. The van der Waals surface area contributed by atoms with Crippen LogP contribution in [0.25, 0.3) is 0 Å². The fourth-order valence-electron chi connectivity index (χ4n) is 4.16. The van der Waals surface area contributed by atoms with Crippen molar-refractivity contribution in [1.82, 2.24) is 25.0 Å². The maximum Gasteiger partial charge on any atom is 0.251 e. The van der Waals surface area contributed by atoms with Crippen molar-refractivity contribution in [1.29, 1.82) is 0 Å². The molecule has 1 saturated heterocycles. The molecule has 7 nitrogen and oxygen atoms in total. The quantitative estimate of drug-likeness (QED) is 0.607. The molecule has 7 heteroatoms. The number of hydrogen-bond acceptors (Lipinski definition) is 5. The third-order valence-corrected chi connectivity index (χ3v) is 5.81. The van der Waals surface area contributed by atoms with E-state index in [1.165, 1.54) is 25.6 Å².